The van der Waals surface area contributed by atoms with Crippen LogP contribution in [0.3, 0.4) is 0 Å². The van der Waals surface area contributed by atoms with Crippen molar-refractivity contribution in [2.45, 2.75) is 19.4 Å². The van der Waals surface area contributed by atoms with Crippen LogP contribution in [-0.4, -0.2) is 19.2 Å². The predicted molar refractivity (Wildman–Crippen MR) is 53.2 cm³/mol. The van der Waals surface area contributed by atoms with Crippen LogP contribution in [0.25, 0.3) is 0 Å². The minimum atomic E-state index is 0.0531. The highest BCUT2D eigenvalue weighted by Crippen LogP contribution is 2.11. The maximum atomic E-state index is 9.88. The van der Waals surface area contributed by atoms with Crippen molar-refractivity contribution in [3.05, 3.63) is 30.3 Å². The molecule has 3 heteroatoms. The Bertz CT molecular complexity index is 258. The summed E-state index contributed by atoms with van der Waals surface area (Å²) in [7, 11) is 0. The van der Waals surface area contributed by atoms with Crippen molar-refractivity contribution >= 4 is 6.47 Å². The Morgan fingerprint density at radius 1 is 1.36 bits per heavy atom. The zero-order valence-electron chi connectivity index (χ0n) is 8.18. The van der Waals surface area contributed by atoms with E-state index in [0.717, 1.165) is 5.75 Å². The molecule has 0 heterocycles. The SMILES string of the molecule is CC(CCOC=O)Oc1ccccc1. The van der Waals surface area contributed by atoms with Gasteiger partial charge in [0.25, 0.3) is 6.47 Å². The van der Waals surface area contributed by atoms with E-state index in [2.05, 4.69) is 4.74 Å². The summed E-state index contributed by atoms with van der Waals surface area (Å²) >= 11 is 0. The fourth-order valence-corrected chi connectivity index (χ4v) is 1.07. The average Bonchev–Trinajstić information content (AvgIpc) is 2.20. The number of para-hydroxylation sites is 1. The Morgan fingerprint density at radius 3 is 2.71 bits per heavy atom. The number of rotatable bonds is 6. The van der Waals surface area contributed by atoms with Gasteiger partial charge >= 0.3 is 0 Å². The second kappa shape index (κ2) is 6.02. The van der Waals surface area contributed by atoms with Crippen LogP contribution in [0.2, 0.25) is 0 Å². The monoisotopic (exact) mass is 194 g/mol. The van der Waals surface area contributed by atoms with Crippen molar-refractivity contribution in [3.63, 3.8) is 0 Å². The normalized spacial score (nSPS) is 11.8. The van der Waals surface area contributed by atoms with Gasteiger partial charge in [0.15, 0.2) is 0 Å². The van der Waals surface area contributed by atoms with Gasteiger partial charge in [0.1, 0.15) is 5.75 Å². The van der Waals surface area contributed by atoms with E-state index < -0.39 is 0 Å². The lowest BCUT2D eigenvalue weighted by atomic mass is 10.3. The van der Waals surface area contributed by atoms with Gasteiger partial charge in [-0.15, -0.1) is 0 Å². The molecule has 0 spiro atoms. The molecule has 14 heavy (non-hydrogen) atoms. The van der Waals surface area contributed by atoms with E-state index in [1.165, 1.54) is 0 Å². The zero-order chi connectivity index (χ0) is 10.2. The quantitative estimate of drug-likeness (QED) is 0.513. The molecule has 0 aliphatic rings. The van der Waals surface area contributed by atoms with E-state index in [-0.39, 0.29) is 6.10 Å². The standard InChI is InChI=1S/C11H14O3/c1-10(7-8-13-9-12)14-11-5-3-2-4-6-11/h2-6,9-10H,7-8H2,1H3. The first-order valence-electron chi connectivity index (χ1n) is 4.60. The number of hydrogen-bond acceptors (Lipinski definition) is 3. The van der Waals surface area contributed by atoms with Crippen LogP contribution < -0.4 is 4.74 Å². The largest absolute Gasteiger partial charge is 0.491 e. The lowest BCUT2D eigenvalue weighted by Crippen LogP contribution is -2.14. The molecule has 0 amide bonds. The van der Waals surface area contributed by atoms with Crippen LogP contribution in [0.5, 0.6) is 5.75 Å². The molecule has 0 N–H and O–H groups in total. The third kappa shape index (κ3) is 3.94. The van der Waals surface area contributed by atoms with Crippen molar-refractivity contribution < 1.29 is 14.3 Å². The number of carbonyl (C=O) groups excluding carboxylic acids is 1. The van der Waals surface area contributed by atoms with Crippen LogP contribution >= 0.6 is 0 Å². The molecule has 1 aromatic rings. The molecule has 1 unspecified atom stereocenters. The summed E-state index contributed by atoms with van der Waals surface area (Å²) in [6.07, 6.45) is 0.755. The Kier molecular flexibility index (Phi) is 4.55. The maximum Gasteiger partial charge on any atom is 0.293 e. The molecule has 3 nitrogen and oxygen atoms in total. The summed E-state index contributed by atoms with van der Waals surface area (Å²) in [6.45, 7) is 2.80. The van der Waals surface area contributed by atoms with E-state index in [9.17, 15) is 4.79 Å². The van der Waals surface area contributed by atoms with Crippen molar-refractivity contribution in [1.29, 1.82) is 0 Å². The Morgan fingerprint density at radius 2 is 2.07 bits per heavy atom. The first-order chi connectivity index (χ1) is 6.83. The highest BCUT2D eigenvalue weighted by molar-refractivity contribution is 5.36. The van der Waals surface area contributed by atoms with Crippen molar-refractivity contribution in [1.82, 2.24) is 0 Å². The number of ether oxygens (including phenoxy) is 2. The molecule has 0 saturated carbocycles. The Balaban J connectivity index is 2.26. The van der Waals surface area contributed by atoms with Gasteiger partial charge in [-0.25, -0.2) is 0 Å². The van der Waals surface area contributed by atoms with Gasteiger partial charge in [-0.2, -0.15) is 0 Å². The first kappa shape index (κ1) is 10.6. The third-order valence-corrected chi connectivity index (χ3v) is 1.79. The first-order valence-corrected chi connectivity index (χ1v) is 4.60. The average molecular weight is 194 g/mol. The van der Waals surface area contributed by atoms with Crippen LogP contribution in [0.4, 0.5) is 0 Å². The molecule has 0 fully saturated rings. The number of hydrogen-bond donors (Lipinski definition) is 0. The zero-order valence-corrected chi connectivity index (χ0v) is 8.18. The van der Waals surface area contributed by atoms with Crippen LogP contribution in [0, 0.1) is 0 Å². The molecule has 0 bridgehead atoms. The highest BCUT2D eigenvalue weighted by Gasteiger charge is 2.02. The molecule has 0 saturated heterocycles. The van der Waals surface area contributed by atoms with Gasteiger partial charge in [0, 0.05) is 6.42 Å². The number of carbonyl (C=O) groups is 1. The molecule has 0 aliphatic heterocycles. The van der Waals surface area contributed by atoms with Gasteiger partial charge in [-0.1, -0.05) is 18.2 Å². The second-order valence-corrected chi connectivity index (χ2v) is 3.00. The molecule has 1 aromatic carbocycles. The van der Waals surface area contributed by atoms with E-state index in [0.29, 0.717) is 19.5 Å². The van der Waals surface area contributed by atoms with Gasteiger partial charge < -0.3 is 9.47 Å². The van der Waals surface area contributed by atoms with E-state index in [4.69, 9.17) is 4.74 Å². The maximum absolute atomic E-state index is 9.88. The molecule has 0 aliphatic carbocycles. The number of benzene rings is 1. The topological polar surface area (TPSA) is 35.5 Å². The van der Waals surface area contributed by atoms with Crippen LogP contribution in [-0.2, 0) is 9.53 Å². The minimum absolute atomic E-state index is 0.0531. The molecule has 76 valence electrons. The summed E-state index contributed by atoms with van der Waals surface area (Å²) in [5, 5.41) is 0. The van der Waals surface area contributed by atoms with Gasteiger partial charge in [-0.05, 0) is 19.1 Å². The lowest BCUT2D eigenvalue weighted by Gasteiger charge is -2.13. The van der Waals surface area contributed by atoms with Gasteiger partial charge in [-0.3, -0.25) is 4.79 Å². The molecule has 0 aromatic heterocycles. The van der Waals surface area contributed by atoms with Gasteiger partial charge in [0.2, 0.25) is 0 Å². The van der Waals surface area contributed by atoms with E-state index in [1.54, 1.807) is 0 Å². The van der Waals surface area contributed by atoms with Crippen LogP contribution in [0.15, 0.2) is 30.3 Å². The highest BCUT2D eigenvalue weighted by atomic mass is 16.5. The lowest BCUT2D eigenvalue weighted by molar-refractivity contribution is -0.129. The van der Waals surface area contributed by atoms with E-state index in [1.807, 2.05) is 37.3 Å². The van der Waals surface area contributed by atoms with Crippen molar-refractivity contribution in [2.24, 2.45) is 0 Å². The Hall–Kier alpha value is -1.51. The third-order valence-electron chi connectivity index (χ3n) is 1.79. The summed E-state index contributed by atoms with van der Waals surface area (Å²) in [6, 6.07) is 9.58. The van der Waals surface area contributed by atoms with Crippen molar-refractivity contribution in [3.8, 4) is 5.75 Å². The summed E-state index contributed by atoms with van der Waals surface area (Å²) in [5.74, 6) is 0.839. The summed E-state index contributed by atoms with van der Waals surface area (Å²) in [5.41, 5.74) is 0. The summed E-state index contributed by atoms with van der Waals surface area (Å²) < 4.78 is 10.1. The minimum Gasteiger partial charge on any atom is -0.491 e. The molecular weight excluding hydrogens is 180 g/mol. The van der Waals surface area contributed by atoms with E-state index >= 15 is 0 Å². The smallest absolute Gasteiger partial charge is 0.293 e. The second-order valence-electron chi connectivity index (χ2n) is 3.00. The molecule has 0 radical (unpaired) electrons. The fraction of sp³-hybridized carbons (Fsp3) is 0.364. The summed E-state index contributed by atoms with van der Waals surface area (Å²) in [4.78, 5) is 9.88. The van der Waals surface area contributed by atoms with Crippen molar-refractivity contribution in [2.75, 3.05) is 6.61 Å². The molecule has 1 atom stereocenters. The molecular formula is C11H14O3. The fourth-order valence-electron chi connectivity index (χ4n) is 1.07. The predicted octanol–water partition coefficient (Wildman–Crippen LogP) is 2.02. The van der Waals surface area contributed by atoms with Crippen LogP contribution in [0.1, 0.15) is 13.3 Å². The van der Waals surface area contributed by atoms with Gasteiger partial charge in [0.05, 0.1) is 12.7 Å². The Labute approximate surface area is 83.6 Å². The molecule has 1 rings (SSSR count).